The smallest absolute Gasteiger partial charge is 0.780 e. The molecule has 142 valence electrons. The number of hydrogen-bond donors (Lipinski definition) is 0. The van der Waals surface area contributed by atoms with Crippen LogP contribution in [0.2, 0.25) is 0 Å². The molecule has 0 aromatic heterocycles. The van der Waals surface area contributed by atoms with Crippen LogP contribution in [0.5, 0.6) is 0 Å². The molecule has 0 amide bonds. The molecule has 4 nitrogen and oxygen atoms in total. The second-order valence-corrected chi connectivity index (χ2v) is 9.75. The molecule has 0 heterocycles. The number of Topliss-reactive ketones (excluding diaryl/α,β-unsaturated/α-hetero) is 1. The van der Waals surface area contributed by atoms with Gasteiger partial charge in [0.1, 0.15) is 5.78 Å². The van der Waals surface area contributed by atoms with Gasteiger partial charge in [-0.3, -0.25) is 4.79 Å². The summed E-state index contributed by atoms with van der Waals surface area (Å²) in [5.74, 6) is -0.280. The minimum atomic E-state index is -4.33. The summed E-state index contributed by atoms with van der Waals surface area (Å²) >= 11 is 5.04. The van der Waals surface area contributed by atoms with Crippen molar-refractivity contribution in [2.75, 3.05) is 5.75 Å². The molecule has 2 aromatic carbocycles. The maximum Gasteiger partial charge on any atom is 2.00 e. The van der Waals surface area contributed by atoms with Crippen LogP contribution < -0.4 is 0 Å². The molecule has 0 spiro atoms. The number of hydrogen-bond acceptors (Lipinski definition) is 5. The third-order valence-corrected chi connectivity index (χ3v) is 7.38. The molecule has 27 heavy (non-hydrogen) atoms. The maximum atomic E-state index is 11.8. The van der Waals surface area contributed by atoms with E-state index in [9.17, 15) is 17.8 Å². The second-order valence-electron chi connectivity index (χ2n) is 7.88. The average Bonchev–Trinajstić information content (AvgIpc) is 2.88. The number of carbonyl (C=O) groups is 1. The van der Waals surface area contributed by atoms with Gasteiger partial charge in [-0.1, -0.05) is 56.3 Å². The Labute approximate surface area is 185 Å². The van der Waals surface area contributed by atoms with Crippen LogP contribution in [0.3, 0.4) is 0 Å². The van der Waals surface area contributed by atoms with Crippen LogP contribution in [0.15, 0.2) is 47.4 Å². The summed E-state index contributed by atoms with van der Waals surface area (Å²) in [6, 6.07) is 14.2. The van der Waals surface area contributed by atoms with E-state index in [-0.39, 0.29) is 43.3 Å². The molecule has 2 atom stereocenters. The van der Waals surface area contributed by atoms with E-state index in [4.69, 9.17) is 12.6 Å². The van der Waals surface area contributed by atoms with E-state index < -0.39 is 21.3 Å². The van der Waals surface area contributed by atoms with E-state index in [0.717, 1.165) is 11.3 Å². The van der Waals surface area contributed by atoms with E-state index in [1.165, 1.54) is 10.8 Å². The Morgan fingerprint density at radius 3 is 2.30 bits per heavy atom. The van der Waals surface area contributed by atoms with E-state index in [2.05, 4.69) is 18.2 Å². The van der Waals surface area contributed by atoms with Gasteiger partial charge in [0.05, 0.1) is 15.9 Å². The fourth-order valence-electron chi connectivity index (χ4n) is 4.58. The number of rotatable bonds is 2. The maximum absolute atomic E-state index is 11.8. The van der Waals surface area contributed by atoms with Crippen molar-refractivity contribution in [2.24, 2.45) is 16.7 Å². The van der Waals surface area contributed by atoms with Gasteiger partial charge in [-0.15, -0.1) is 0 Å². The van der Waals surface area contributed by atoms with Crippen LogP contribution in [0.1, 0.15) is 33.1 Å². The molecule has 0 saturated heterocycles. The SMILES string of the molecule is CC1(C)[C@@H]2CC[C@@]1(CS(=O)(=O)[O-])C(=O)C2.[S-]c1ccc2ccccc2c1.[Zr+2]. The Balaban J connectivity index is 0.000000194. The Morgan fingerprint density at radius 1 is 1.15 bits per heavy atom. The Kier molecular flexibility index (Phi) is 6.73. The first-order valence-electron chi connectivity index (χ1n) is 8.68. The van der Waals surface area contributed by atoms with Gasteiger partial charge in [0.15, 0.2) is 0 Å². The molecule has 0 unspecified atom stereocenters. The summed E-state index contributed by atoms with van der Waals surface area (Å²) in [5, 5.41) is 2.47. The molecule has 2 aliphatic carbocycles. The Morgan fingerprint density at radius 2 is 1.78 bits per heavy atom. The van der Waals surface area contributed by atoms with E-state index in [1.54, 1.807) is 0 Å². The molecule has 2 aromatic rings. The van der Waals surface area contributed by atoms with E-state index in [0.29, 0.717) is 12.8 Å². The predicted octanol–water partition coefficient (Wildman–Crippen LogP) is 3.67. The van der Waals surface area contributed by atoms with Gasteiger partial charge in [-0.05, 0) is 34.9 Å². The Hall–Kier alpha value is -0.617. The van der Waals surface area contributed by atoms with Crippen LogP contribution in [0.25, 0.3) is 10.8 Å². The van der Waals surface area contributed by atoms with Gasteiger partial charge in [-0.2, -0.15) is 4.90 Å². The molecule has 0 radical (unpaired) electrons. The minimum Gasteiger partial charge on any atom is -0.780 e. The molecule has 4 rings (SSSR count). The quantitative estimate of drug-likeness (QED) is 0.483. The zero-order valence-corrected chi connectivity index (χ0v) is 19.5. The van der Waals surface area contributed by atoms with Crippen LogP contribution in [-0.4, -0.2) is 24.5 Å². The van der Waals surface area contributed by atoms with Crippen molar-refractivity contribution in [1.29, 1.82) is 0 Å². The molecule has 2 fully saturated rings. The summed E-state index contributed by atoms with van der Waals surface area (Å²) in [5.41, 5.74) is -1.22. The largest absolute Gasteiger partial charge is 2.00 e. The molecule has 0 N–H and O–H groups in total. The van der Waals surface area contributed by atoms with E-state index in [1.807, 2.05) is 38.1 Å². The molecular weight excluding hydrogens is 460 g/mol. The van der Waals surface area contributed by atoms with Gasteiger partial charge in [0.2, 0.25) is 0 Å². The van der Waals surface area contributed by atoms with Crippen LogP contribution in [-0.2, 0) is 53.7 Å². The van der Waals surface area contributed by atoms with Gasteiger partial charge in [0.25, 0.3) is 0 Å². The minimum absolute atomic E-state index is 0. The fraction of sp³-hybridized carbons (Fsp3) is 0.450. The monoisotopic (exact) mass is 480 g/mol. The van der Waals surface area contributed by atoms with Crippen molar-refractivity contribution in [2.45, 2.75) is 38.0 Å². The second kappa shape index (κ2) is 8.02. The first kappa shape index (κ1) is 22.7. The van der Waals surface area contributed by atoms with Crippen LogP contribution in [0, 0.1) is 16.7 Å². The number of benzene rings is 2. The van der Waals surface area contributed by atoms with Crippen molar-refractivity contribution in [3.05, 3.63) is 42.5 Å². The topological polar surface area (TPSA) is 74.3 Å². The van der Waals surface area contributed by atoms with Crippen molar-refractivity contribution in [3.63, 3.8) is 0 Å². The first-order chi connectivity index (χ1) is 12.1. The summed E-state index contributed by atoms with van der Waals surface area (Å²) in [6.45, 7) is 3.83. The van der Waals surface area contributed by atoms with Gasteiger partial charge >= 0.3 is 26.2 Å². The molecule has 0 aliphatic heterocycles. The number of carbonyl (C=O) groups excluding carboxylic acids is 1. The summed E-state index contributed by atoms with van der Waals surface area (Å²) in [7, 11) is -4.33. The molecule has 2 saturated carbocycles. The molecule has 2 aliphatic rings. The van der Waals surface area contributed by atoms with Crippen molar-refractivity contribution < 1.29 is 44.0 Å². The third-order valence-electron chi connectivity index (χ3n) is 6.28. The fourth-order valence-corrected chi connectivity index (χ4v) is 6.05. The van der Waals surface area contributed by atoms with Crippen molar-refractivity contribution >= 4 is 39.3 Å². The molecular formula is C20H22O4S2Zr. The van der Waals surface area contributed by atoms with Gasteiger partial charge in [-0.25, -0.2) is 8.42 Å². The van der Waals surface area contributed by atoms with Crippen LogP contribution in [0.4, 0.5) is 0 Å². The average molecular weight is 482 g/mol. The summed E-state index contributed by atoms with van der Waals surface area (Å²) in [4.78, 5) is 12.8. The van der Waals surface area contributed by atoms with Gasteiger partial charge < -0.3 is 17.2 Å². The molecule has 7 heteroatoms. The van der Waals surface area contributed by atoms with Crippen LogP contribution >= 0.6 is 0 Å². The number of fused-ring (bicyclic) bond motifs is 3. The predicted molar refractivity (Wildman–Crippen MR) is 103 cm³/mol. The van der Waals surface area contributed by atoms with Crippen molar-refractivity contribution in [3.8, 4) is 0 Å². The summed E-state index contributed by atoms with van der Waals surface area (Å²) < 4.78 is 32.7. The zero-order valence-electron chi connectivity index (χ0n) is 15.4. The first-order valence-corrected chi connectivity index (χ1v) is 10.7. The van der Waals surface area contributed by atoms with Gasteiger partial charge in [0, 0.05) is 11.8 Å². The van der Waals surface area contributed by atoms with Crippen molar-refractivity contribution in [1.82, 2.24) is 0 Å². The number of ketones is 1. The standard InChI is InChI=1S/C10H16O4S.C10H8S.Zr/c1-9(2)7-3-4-10(9,8(11)5-7)6-15(12,13)14;11-10-6-5-8-3-1-2-4-9(8)7-10;/h7H,3-6H2,1-2H3,(H,12,13,14);1-7,11H;/q;;+2/p-2/t7-,10-;;/m1../s1. The summed E-state index contributed by atoms with van der Waals surface area (Å²) in [6.07, 6.45) is 1.88. The zero-order chi connectivity index (χ0) is 19.2. The molecule has 2 bridgehead atoms. The van der Waals surface area contributed by atoms with E-state index >= 15 is 0 Å². The third kappa shape index (κ3) is 4.37. The normalized spacial score (nSPS) is 25.6. The Bertz CT molecular complexity index is 955.